The molecule has 0 unspecified atom stereocenters. The van der Waals surface area contributed by atoms with Gasteiger partial charge < -0.3 is 0 Å². The molecule has 1 aromatic rings. The van der Waals surface area contributed by atoms with Crippen molar-refractivity contribution in [1.82, 2.24) is 0 Å². The number of aryl methyl sites for hydroxylation is 1. The molecular weight excluding hydrogens is 336 g/mol. The quantitative estimate of drug-likeness (QED) is 0.457. The number of hydrogen-bond acceptors (Lipinski definition) is 0. The summed E-state index contributed by atoms with van der Waals surface area (Å²) in [6, 6.07) is 9.07. The molecule has 0 heterocycles. The van der Waals surface area contributed by atoms with Crippen LogP contribution in [0.15, 0.2) is 24.3 Å². The smallest absolute Gasteiger partial charge is 0.0319 e. The fourth-order valence-electron chi connectivity index (χ4n) is 6.54. The second-order valence-electron chi connectivity index (χ2n) is 10.3. The molecule has 0 amide bonds. The van der Waals surface area contributed by atoms with E-state index < -0.39 is 0 Å². The molecule has 0 saturated heterocycles. The third-order valence-corrected chi connectivity index (χ3v) is 8.84. The molecule has 4 aliphatic carbocycles. The van der Waals surface area contributed by atoms with Gasteiger partial charge in [0.05, 0.1) is 0 Å². The Morgan fingerprint density at radius 2 is 1.50 bits per heavy atom. The molecule has 5 rings (SSSR count). The maximum Gasteiger partial charge on any atom is 0.0319 e. The highest BCUT2D eigenvalue weighted by Gasteiger charge is 2.51. The molecule has 0 N–H and O–H groups in total. The first-order valence-electron chi connectivity index (χ1n) is 12.3. The first kappa shape index (κ1) is 20.1. The molecule has 4 saturated carbocycles. The Hall–Kier alpha value is -1.22. The van der Waals surface area contributed by atoms with Gasteiger partial charge in [-0.05, 0) is 99.2 Å². The van der Waals surface area contributed by atoms with E-state index in [1.165, 1.54) is 101 Å². The summed E-state index contributed by atoms with van der Waals surface area (Å²) < 4.78 is 0. The summed E-state index contributed by atoms with van der Waals surface area (Å²) in [6.45, 7) is 4.65. The van der Waals surface area contributed by atoms with Crippen LogP contribution in [0.1, 0.15) is 108 Å². The molecule has 0 aromatic heterocycles. The molecule has 0 atom stereocenters. The SMILES string of the molecule is CCCCc1ccc(C#CC23CCC([C@H]4CC[C@H](CC)CC4)(CC2)CC3)cc1. The minimum atomic E-state index is 0.337. The van der Waals surface area contributed by atoms with Crippen molar-refractivity contribution in [2.45, 2.75) is 104 Å². The van der Waals surface area contributed by atoms with Crippen molar-refractivity contribution in [3.8, 4) is 11.8 Å². The van der Waals surface area contributed by atoms with Gasteiger partial charge in [-0.25, -0.2) is 0 Å². The minimum absolute atomic E-state index is 0.337. The summed E-state index contributed by atoms with van der Waals surface area (Å²) in [4.78, 5) is 0. The maximum atomic E-state index is 3.79. The topological polar surface area (TPSA) is 0 Å². The van der Waals surface area contributed by atoms with E-state index in [0.717, 1.165) is 11.8 Å². The van der Waals surface area contributed by atoms with Gasteiger partial charge in [-0.3, -0.25) is 0 Å². The van der Waals surface area contributed by atoms with Crippen LogP contribution in [0.25, 0.3) is 0 Å². The minimum Gasteiger partial charge on any atom is -0.0911 e. The maximum absolute atomic E-state index is 3.79. The number of hydrogen-bond donors (Lipinski definition) is 0. The Labute approximate surface area is 173 Å². The monoisotopic (exact) mass is 376 g/mol. The Balaban J connectivity index is 1.36. The van der Waals surface area contributed by atoms with E-state index in [1.807, 2.05) is 0 Å². The Bertz CT molecular complexity index is 665. The van der Waals surface area contributed by atoms with Crippen LogP contribution in [0, 0.1) is 34.5 Å². The molecule has 2 bridgehead atoms. The van der Waals surface area contributed by atoms with Crippen LogP contribution in [0.3, 0.4) is 0 Å². The lowest BCUT2D eigenvalue weighted by molar-refractivity contribution is -0.0376. The molecule has 0 heteroatoms. The zero-order valence-corrected chi connectivity index (χ0v) is 18.4. The Morgan fingerprint density at radius 1 is 0.857 bits per heavy atom. The molecule has 0 radical (unpaired) electrons. The van der Waals surface area contributed by atoms with Gasteiger partial charge in [-0.1, -0.05) is 63.5 Å². The van der Waals surface area contributed by atoms with E-state index in [-0.39, 0.29) is 0 Å². The van der Waals surface area contributed by atoms with Gasteiger partial charge in [0.2, 0.25) is 0 Å². The van der Waals surface area contributed by atoms with Gasteiger partial charge in [-0.2, -0.15) is 0 Å². The normalized spacial score (nSPS) is 34.6. The van der Waals surface area contributed by atoms with Gasteiger partial charge in [0.1, 0.15) is 0 Å². The highest BCUT2D eigenvalue weighted by molar-refractivity contribution is 5.38. The fraction of sp³-hybridized carbons (Fsp3) is 0.714. The first-order chi connectivity index (χ1) is 13.7. The zero-order valence-electron chi connectivity index (χ0n) is 18.4. The van der Waals surface area contributed by atoms with Crippen molar-refractivity contribution >= 4 is 0 Å². The van der Waals surface area contributed by atoms with Crippen LogP contribution in [0.4, 0.5) is 0 Å². The van der Waals surface area contributed by atoms with E-state index in [9.17, 15) is 0 Å². The van der Waals surface area contributed by atoms with Crippen LogP contribution >= 0.6 is 0 Å². The molecule has 0 aliphatic heterocycles. The Kier molecular flexibility index (Phi) is 6.20. The lowest BCUT2D eigenvalue weighted by atomic mass is 9.48. The van der Waals surface area contributed by atoms with E-state index in [1.54, 1.807) is 0 Å². The summed E-state index contributed by atoms with van der Waals surface area (Å²) >= 11 is 0. The van der Waals surface area contributed by atoms with Crippen LogP contribution in [-0.4, -0.2) is 0 Å². The molecule has 1 aromatic carbocycles. The van der Waals surface area contributed by atoms with Crippen LogP contribution in [-0.2, 0) is 6.42 Å². The molecule has 4 fully saturated rings. The second-order valence-corrected chi connectivity index (χ2v) is 10.3. The van der Waals surface area contributed by atoms with Gasteiger partial charge in [0.15, 0.2) is 0 Å². The summed E-state index contributed by atoms with van der Waals surface area (Å²) in [7, 11) is 0. The van der Waals surface area contributed by atoms with Crippen LogP contribution < -0.4 is 0 Å². The van der Waals surface area contributed by atoms with Crippen LogP contribution in [0.5, 0.6) is 0 Å². The standard InChI is InChI=1S/C28H40/c1-3-5-6-24-7-9-25(10-8-24)15-16-27-17-20-28(21-18-27,22-19-27)26-13-11-23(4-2)12-14-26/h7-10,23,26H,3-6,11-14,17-22H2,1-2H3/t23-,26-,27?,28?. The van der Waals surface area contributed by atoms with Crippen molar-refractivity contribution in [2.24, 2.45) is 22.7 Å². The fourth-order valence-corrected chi connectivity index (χ4v) is 6.54. The average Bonchev–Trinajstić information content (AvgIpc) is 2.78. The highest BCUT2D eigenvalue weighted by atomic mass is 14.6. The highest BCUT2D eigenvalue weighted by Crippen LogP contribution is 2.62. The number of unbranched alkanes of at least 4 members (excludes halogenated alkanes) is 1. The third kappa shape index (κ3) is 4.20. The van der Waals surface area contributed by atoms with Crippen molar-refractivity contribution in [1.29, 1.82) is 0 Å². The largest absolute Gasteiger partial charge is 0.0911 e. The van der Waals surface area contributed by atoms with Crippen LogP contribution in [0.2, 0.25) is 0 Å². The number of rotatable bonds is 5. The van der Waals surface area contributed by atoms with Crippen molar-refractivity contribution in [3.05, 3.63) is 35.4 Å². The van der Waals surface area contributed by atoms with Gasteiger partial charge in [-0.15, -0.1) is 0 Å². The molecule has 4 aliphatic rings. The van der Waals surface area contributed by atoms with E-state index >= 15 is 0 Å². The molecule has 28 heavy (non-hydrogen) atoms. The Morgan fingerprint density at radius 3 is 2.07 bits per heavy atom. The van der Waals surface area contributed by atoms with Crippen molar-refractivity contribution < 1.29 is 0 Å². The predicted octanol–water partition coefficient (Wildman–Crippen LogP) is 7.94. The van der Waals surface area contributed by atoms with Crippen molar-refractivity contribution in [2.75, 3.05) is 0 Å². The lowest BCUT2D eigenvalue weighted by Crippen LogP contribution is -2.45. The molecule has 152 valence electrons. The summed E-state index contributed by atoms with van der Waals surface area (Å²) in [5.41, 5.74) is 3.71. The van der Waals surface area contributed by atoms with Crippen molar-refractivity contribution in [3.63, 3.8) is 0 Å². The lowest BCUT2D eigenvalue weighted by Gasteiger charge is -2.56. The third-order valence-electron chi connectivity index (χ3n) is 8.84. The first-order valence-corrected chi connectivity index (χ1v) is 12.3. The summed E-state index contributed by atoms with van der Waals surface area (Å²) in [5, 5.41) is 0. The van der Waals surface area contributed by atoms with Gasteiger partial charge in [0.25, 0.3) is 0 Å². The van der Waals surface area contributed by atoms with Gasteiger partial charge >= 0.3 is 0 Å². The van der Waals surface area contributed by atoms with E-state index in [0.29, 0.717) is 10.8 Å². The van der Waals surface area contributed by atoms with E-state index in [4.69, 9.17) is 0 Å². The molecular formula is C28H40. The summed E-state index contributed by atoms with van der Waals surface area (Å²) in [5.74, 6) is 9.41. The second kappa shape index (κ2) is 8.65. The predicted molar refractivity (Wildman–Crippen MR) is 120 cm³/mol. The number of fused-ring (bicyclic) bond motifs is 3. The number of benzene rings is 1. The summed E-state index contributed by atoms with van der Waals surface area (Å²) in [6.07, 6.45) is 19.7. The average molecular weight is 377 g/mol. The molecule has 0 nitrogen and oxygen atoms in total. The molecule has 0 spiro atoms. The van der Waals surface area contributed by atoms with E-state index in [2.05, 4.69) is 50.0 Å². The zero-order chi connectivity index (χ0) is 19.5. The van der Waals surface area contributed by atoms with Gasteiger partial charge in [0, 0.05) is 11.0 Å².